The minimum Gasteiger partial charge on any atom is -0.494 e. The summed E-state index contributed by atoms with van der Waals surface area (Å²) < 4.78 is 18.7. The van der Waals surface area contributed by atoms with Gasteiger partial charge in [0, 0.05) is 25.1 Å². The van der Waals surface area contributed by atoms with Gasteiger partial charge in [0.25, 0.3) is 0 Å². The molecule has 1 heterocycles. The minimum absolute atomic E-state index is 0.174. The number of methoxy groups -OCH3 is 1. The Kier molecular flexibility index (Phi) is 6.69. The number of rotatable bonds is 7. The highest BCUT2D eigenvalue weighted by Crippen LogP contribution is 2.30. The first-order chi connectivity index (χ1) is 14.0. The van der Waals surface area contributed by atoms with E-state index < -0.39 is 11.7 Å². The van der Waals surface area contributed by atoms with Gasteiger partial charge >= 0.3 is 0 Å². The largest absolute Gasteiger partial charge is 0.494 e. The summed E-state index contributed by atoms with van der Waals surface area (Å²) >= 11 is 0. The highest BCUT2D eigenvalue weighted by molar-refractivity contribution is 5.99. The molecule has 2 aromatic carbocycles. The molecule has 0 unspecified atom stereocenters. The summed E-state index contributed by atoms with van der Waals surface area (Å²) in [5.41, 5.74) is 7.92. The van der Waals surface area contributed by atoms with E-state index >= 15 is 0 Å². The monoisotopic (exact) mass is 399 g/mol. The molecule has 0 radical (unpaired) electrons. The van der Waals surface area contributed by atoms with Crippen molar-refractivity contribution >= 4 is 23.2 Å². The van der Waals surface area contributed by atoms with Crippen molar-refractivity contribution in [2.45, 2.75) is 32.1 Å². The molecule has 0 aromatic heterocycles. The maximum Gasteiger partial charge on any atom is 0.248 e. The highest BCUT2D eigenvalue weighted by Gasteiger charge is 2.17. The van der Waals surface area contributed by atoms with Crippen LogP contribution in [0, 0.1) is 5.82 Å². The van der Waals surface area contributed by atoms with E-state index in [2.05, 4.69) is 10.2 Å². The van der Waals surface area contributed by atoms with Crippen molar-refractivity contribution in [3.63, 3.8) is 0 Å². The van der Waals surface area contributed by atoms with Crippen molar-refractivity contribution in [1.29, 1.82) is 0 Å². The first-order valence-electron chi connectivity index (χ1n) is 9.79. The molecule has 3 N–H and O–H groups in total. The third-order valence-electron chi connectivity index (χ3n) is 5.11. The maximum atomic E-state index is 13.8. The fourth-order valence-corrected chi connectivity index (χ4v) is 3.54. The second-order valence-corrected chi connectivity index (χ2v) is 7.16. The quantitative estimate of drug-likeness (QED) is 0.746. The molecule has 0 atom stereocenters. The van der Waals surface area contributed by atoms with Gasteiger partial charge in [-0.2, -0.15) is 0 Å². The van der Waals surface area contributed by atoms with Gasteiger partial charge in [-0.05, 0) is 61.6 Å². The number of anilines is 2. The van der Waals surface area contributed by atoms with Crippen molar-refractivity contribution < 1.29 is 18.7 Å². The number of nitrogens with two attached hydrogens (primary N) is 1. The van der Waals surface area contributed by atoms with Gasteiger partial charge in [0.2, 0.25) is 11.8 Å². The van der Waals surface area contributed by atoms with E-state index in [0.717, 1.165) is 31.6 Å². The number of amides is 2. The molecular formula is C22H26FN3O3. The SMILES string of the molecule is COc1ccc(CCC(=O)Nc2cc(C(N)=O)ccc2N2CCCCC2)cc1F. The van der Waals surface area contributed by atoms with Crippen LogP contribution in [0.25, 0.3) is 0 Å². The van der Waals surface area contributed by atoms with Crippen LogP contribution in [0.15, 0.2) is 36.4 Å². The van der Waals surface area contributed by atoms with Crippen LogP contribution in [-0.2, 0) is 11.2 Å². The molecule has 3 rings (SSSR count). The molecule has 1 saturated heterocycles. The van der Waals surface area contributed by atoms with Crippen molar-refractivity contribution in [3.05, 3.63) is 53.3 Å². The number of primary amides is 1. The molecular weight excluding hydrogens is 373 g/mol. The van der Waals surface area contributed by atoms with E-state index in [0.29, 0.717) is 23.2 Å². The summed E-state index contributed by atoms with van der Waals surface area (Å²) in [7, 11) is 1.41. The number of piperidine rings is 1. The number of nitrogens with one attached hydrogen (secondary N) is 1. The van der Waals surface area contributed by atoms with Crippen molar-refractivity contribution in [3.8, 4) is 5.75 Å². The molecule has 1 fully saturated rings. The van der Waals surface area contributed by atoms with E-state index in [1.54, 1.807) is 24.3 Å². The third kappa shape index (κ3) is 5.25. The molecule has 2 amide bonds. The van der Waals surface area contributed by atoms with Gasteiger partial charge in [0.05, 0.1) is 18.5 Å². The molecule has 0 spiro atoms. The predicted octanol–water partition coefficient (Wildman–Crippen LogP) is 3.49. The normalized spacial score (nSPS) is 13.8. The van der Waals surface area contributed by atoms with Gasteiger partial charge in [-0.1, -0.05) is 6.07 Å². The van der Waals surface area contributed by atoms with Gasteiger partial charge in [-0.3, -0.25) is 9.59 Å². The van der Waals surface area contributed by atoms with Crippen molar-refractivity contribution in [1.82, 2.24) is 0 Å². The van der Waals surface area contributed by atoms with Crippen LogP contribution >= 0.6 is 0 Å². The maximum absolute atomic E-state index is 13.8. The van der Waals surface area contributed by atoms with E-state index in [4.69, 9.17) is 10.5 Å². The lowest BCUT2D eigenvalue weighted by Crippen LogP contribution is -2.30. The van der Waals surface area contributed by atoms with E-state index in [1.165, 1.54) is 19.6 Å². The topological polar surface area (TPSA) is 84.7 Å². The van der Waals surface area contributed by atoms with Gasteiger partial charge in [0.1, 0.15) is 0 Å². The van der Waals surface area contributed by atoms with Gasteiger partial charge in [0.15, 0.2) is 11.6 Å². The average molecular weight is 399 g/mol. The summed E-state index contributed by atoms with van der Waals surface area (Å²) in [6.07, 6.45) is 3.95. The van der Waals surface area contributed by atoms with Crippen molar-refractivity contribution in [2.24, 2.45) is 5.73 Å². The zero-order chi connectivity index (χ0) is 20.8. The molecule has 0 saturated carbocycles. The zero-order valence-corrected chi connectivity index (χ0v) is 16.5. The summed E-state index contributed by atoms with van der Waals surface area (Å²) in [5.74, 6) is -1.03. The summed E-state index contributed by atoms with van der Waals surface area (Å²) in [4.78, 5) is 26.3. The Balaban J connectivity index is 1.71. The molecule has 1 aliphatic rings. The zero-order valence-electron chi connectivity index (χ0n) is 16.5. The van der Waals surface area contributed by atoms with Gasteiger partial charge in [-0.15, -0.1) is 0 Å². The number of carbonyl (C=O) groups is 2. The molecule has 0 bridgehead atoms. The number of aryl methyl sites for hydroxylation is 1. The van der Waals surface area contributed by atoms with Gasteiger partial charge in [-0.25, -0.2) is 4.39 Å². The molecule has 6 nitrogen and oxygen atoms in total. The van der Waals surface area contributed by atoms with E-state index in [9.17, 15) is 14.0 Å². The molecule has 0 aliphatic carbocycles. The lowest BCUT2D eigenvalue weighted by Gasteiger charge is -2.30. The molecule has 154 valence electrons. The Morgan fingerprint density at radius 3 is 2.55 bits per heavy atom. The Morgan fingerprint density at radius 1 is 1.14 bits per heavy atom. The molecule has 2 aromatic rings. The number of hydrogen-bond acceptors (Lipinski definition) is 4. The fourth-order valence-electron chi connectivity index (χ4n) is 3.54. The van der Waals surface area contributed by atoms with Crippen LogP contribution in [0.5, 0.6) is 5.75 Å². The summed E-state index contributed by atoms with van der Waals surface area (Å²) in [6.45, 7) is 1.81. The number of ether oxygens (including phenoxy) is 1. The molecule has 7 heteroatoms. The Hall–Kier alpha value is -3.09. The minimum atomic E-state index is -0.542. The average Bonchev–Trinajstić information content (AvgIpc) is 2.73. The Labute approximate surface area is 169 Å². The van der Waals surface area contributed by atoms with Crippen LogP contribution in [0.1, 0.15) is 41.6 Å². The number of nitrogens with zero attached hydrogens (tertiary/aromatic N) is 1. The Morgan fingerprint density at radius 2 is 1.90 bits per heavy atom. The lowest BCUT2D eigenvalue weighted by atomic mass is 10.1. The number of hydrogen-bond donors (Lipinski definition) is 2. The van der Waals surface area contributed by atoms with E-state index in [-0.39, 0.29) is 18.1 Å². The van der Waals surface area contributed by atoms with Crippen LogP contribution < -0.4 is 20.7 Å². The number of carbonyl (C=O) groups excluding carboxylic acids is 2. The first kappa shape index (κ1) is 20.6. The predicted molar refractivity (Wildman–Crippen MR) is 111 cm³/mol. The standard InChI is InChI=1S/C22H26FN3O3/c1-29-20-9-5-15(13-17(20)23)6-10-21(27)25-18-14-16(22(24)28)7-8-19(18)26-11-3-2-4-12-26/h5,7-9,13-14H,2-4,6,10-12H2,1H3,(H2,24,28)(H,25,27). The summed E-state index contributed by atoms with van der Waals surface area (Å²) in [6, 6.07) is 9.80. The lowest BCUT2D eigenvalue weighted by molar-refractivity contribution is -0.116. The molecule has 1 aliphatic heterocycles. The first-order valence-corrected chi connectivity index (χ1v) is 9.79. The third-order valence-corrected chi connectivity index (χ3v) is 5.11. The van der Waals surface area contributed by atoms with Crippen LogP contribution in [0.2, 0.25) is 0 Å². The van der Waals surface area contributed by atoms with Crippen molar-refractivity contribution in [2.75, 3.05) is 30.4 Å². The van der Waals surface area contributed by atoms with Crippen LogP contribution in [0.3, 0.4) is 0 Å². The highest BCUT2D eigenvalue weighted by atomic mass is 19.1. The number of halogens is 1. The second kappa shape index (κ2) is 9.41. The smallest absolute Gasteiger partial charge is 0.248 e. The van der Waals surface area contributed by atoms with Crippen LogP contribution in [-0.4, -0.2) is 32.0 Å². The Bertz CT molecular complexity index is 895. The van der Waals surface area contributed by atoms with Crippen LogP contribution in [0.4, 0.5) is 15.8 Å². The van der Waals surface area contributed by atoms with Gasteiger partial charge < -0.3 is 20.7 Å². The summed E-state index contributed by atoms with van der Waals surface area (Å²) in [5, 5.41) is 2.90. The molecule has 29 heavy (non-hydrogen) atoms. The fraction of sp³-hybridized carbons (Fsp3) is 0.364. The van der Waals surface area contributed by atoms with E-state index in [1.807, 2.05) is 6.07 Å². The number of benzene rings is 2. The second-order valence-electron chi connectivity index (χ2n) is 7.16.